The van der Waals surface area contributed by atoms with Crippen molar-refractivity contribution in [3.8, 4) is 0 Å². The molecule has 6 nitrogen and oxygen atoms in total. The van der Waals surface area contributed by atoms with Crippen LogP contribution in [0.25, 0.3) is 0 Å². The zero-order chi connectivity index (χ0) is 18.4. The van der Waals surface area contributed by atoms with Crippen molar-refractivity contribution in [2.24, 2.45) is 5.92 Å². The van der Waals surface area contributed by atoms with Crippen molar-refractivity contribution in [1.82, 2.24) is 15.5 Å². The van der Waals surface area contributed by atoms with E-state index in [0.717, 1.165) is 12.8 Å². The number of nitrogens with zero attached hydrogens (tertiary/aromatic N) is 1. The maximum Gasteiger partial charge on any atom is 0.321 e. The summed E-state index contributed by atoms with van der Waals surface area (Å²) in [6.07, 6.45) is 1.06. The van der Waals surface area contributed by atoms with E-state index in [1.165, 1.54) is 24.3 Å². The molecule has 0 aliphatic heterocycles. The molecule has 25 heavy (non-hydrogen) atoms. The van der Waals surface area contributed by atoms with Crippen molar-refractivity contribution in [3.63, 3.8) is 0 Å². The number of urea groups is 1. The molecule has 2 rings (SSSR count). The highest BCUT2D eigenvalue weighted by Crippen LogP contribution is 2.18. The molecule has 1 aliphatic carbocycles. The number of hydrogen-bond acceptors (Lipinski definition) is 4. The number of imide groups is 1. The average molecular weight is 351 g/mol. The normalized spacial score (nSPS) is 15.3. The van der Waals surface area contributed by atoms with E-state index in [1.807, 2.05) is 13.8 Å². The zero-order valence-corrected chi connectivity index (χ0v) is 14.7. The van der Waals surface area contributed by atoms with Gasteiger partial charge in [0.25, 0.3) is 0 Å². The molecule has 1 saturated carbocycles. The van der Waals surface area contributed by atoms with Crippen molar-refractivity contribution < 1.29 is 19.1 Å². The van der Waals surface area contributed by atoms with Gasteiger partial charge in [0.15, 0.2) is 0 Å². The minimum absolute atomic E-state index is 0.00845. The van der Waals surface area contributed by atoms with Crippen molar-refractivity contribution in [1.29, 1.82) is 0 Å². The third kappa shape index (κ3) is 7.19. The summed E-state index contributed by atoms with van der Waals surface area (Å²) in [5, 5.41) is 15.4. The number of nitrogens with one attached hydrogen (secondary N) is 2. The lowest BCUT2D eigenvalue weighted by Crippen LogP contribution is -2.46. The SMILES string of the molecule is CC(C)CN(CC(=O)NC(=O)NC1CC1)CC(O)c1ccc(F)cc1. The maximum absolute atomic E-state index is 13.0. The molecule has 1 aromatic carbocycles. The predicted molar refractivity (Wildman–Crippen MR) is 92.3 cm³/mol. The second-order valence-corrected chi connectivity index (χ2v) is 6.95. The summed E-state index contributed by atoms with van der Waals surface area (Å²) in [4.78, 5) is 25.5. The number of amides is 3. The molecule has 1 fully saturated rings. The first-order chi connectivity index (χ1) is 11.8. The van der Waals surface area contributed by atoms with Crippen molar-refractivity contribution in [2.45, 2.75) is 38.8 Å². The van der Waals surface area contributed by atoms with E-state index in [2.05, 4.69) is 10.6 Å². The zero-order valence-electron chi connectivity index (χ0n) is 14.7. The molecule has 0 spiro atoms. The second kappa shape index (κ2) is 8.92. The fourth-order valence-electron chi connectivity index (χ4n) is 2.57. The molecule has 3 amide bonds. The number of benzene rings is 1. The highest BCUT2D eigenvalue weighted by Gasteiger charge is 2.24. The van der Waals surface area contributed by atoms with Gasteiger partial charge in [-0.15, -0.1) is 0 Å². The van der Waals surface area contributed by atoms with Crippen LogP contribution in [0.2, 0.25) is 0 Å². The lowest BCUT2D eigenvalue weighted by molar-refractivity contribution is -0.121. The van der Waals surface area contributed by atoms with E-state index in [0.29, 0.717) is 12.1 Å². The van der Waals surface area contributed by atoms with Crippen LogP contribution >= 0.6 is 0 Å². The fourth-order valence-corrected chi connectivity index (χ4v) is 2.57. The standard InChI is InChI=1S/C18H26FN3O3/c1-12(2)9-22(10-16(23)13-3-5-14(19)6-4-13)11-17(24)21-18(25)20-15-7-8-15/h3-6,12,15-16,23H,7-11H2,1-2H3,(H2,20,21,24,25). The Morgan fingerprint density at radius 2 is 1.88 bits per heavy atom. The lowest BCUT2D eigenvalue weighted by atomic mass is 10.1. The van der Waals surface area contributed by atoms with E-state index in [4.69, 9.17) is 0 Å². The second-order valence-electron chi connectivity index (χ2n) is 6.95. The van der Waals surface area contributed by atoms with Crippen LogP contribution in [0.5, 0.6) is 0 Å². The van der Waals surface area contributed by atoms with Crippen LogP contribution in [0.4, 0.5) is 9.18 Å². The third-order valence-electron chi connectivity index (χ3n) is 3.84. The van der Waals surface area contributed by atoms with Gasteiger partial charge in [-0.25, -0.2) is 9.18 Å². The molecule has 0 aromatic heterocycles. The molecule has 7 heteroatoms. The first kappa shape index (κ1) is 19.3. The van der Waals surface area contributed by atoms with Gasteiger partial charge in [0.05, 0.1) is 12.6 Å². The van der Waals surface area contributed by atoms with Gasteiger partial charge in [0, 0.05) is 19.1 Å². The monoisotopic (exact) mass is 351 g/mol. The number of rotatable bonds is 8. The van der Waals surface area contributed by atoms with Crippen LogP contribution in [0.1, 0.15) is 38.4 Å². The highest BCUT2D eigenvalue weighted by atomic mass is 19.1. The molecule has 3 N–H and O–H groups in total. The smallest absolute Gasteiger partial charge is 0.321 e. The van der Waals surface area contributed by atoms with Crippen LogP contribution in [0, 0.1) is 11.7 Å². The van der Waals surface area contributed by atoms with Crippen LogP contribution in [0.15, 0.2) is 24.3 Å². The van der Waals surface area contributed by atoms with Gasteiger partial charge < -0.3 is 10.4 Å². The molecule has 0 radical (unpaired) electrons. The quantitative estimate of drug-likeness (QED) is 0.667. The first-order valence-corrected chi connectivity index (χ1v) is 8.59. The molecule has 1 aliphatic rings. The van der Waals surface area contributed by atoms with E-state index in [1.54, 1.807) is 4.90 Å². The van der Waals surface area contributed by atoms with Gasteiger partial charge in [-0.2, -0.15) is 0 Å². The lowest BCUT2D eigenvalue weighted by Gasteiger charge is -2.26. The Morgan fingerprint density at radius 3 is 2.44 bits per heavy atom. The molecule has 0 heterocycles. The Labute approximate surface area is 147 Å². The van der Waals surface area contributed by atoms with Crippen LogP contribution in [-0.4, -0.2) is 47.6 Å². The Kier molecular flexibility index (Phi) is 6.90. The summed E-state index contributed by atoms with van der Waals surface area (Å²) in [6.45, 7) is 4.84. The van der Waals surface area contributed by atoms with E-state index >= 15 is 0 Å². The molecule has 1 atom stereocenters. The summed E-state index contributed by atoms with van der Waals surface area (Å²) >= 11 is 0. The van der Waals surface area contributed by atoms with Crippen LogP contribution < -0.4 is 10.6 Å². The van der Waals surface area contributed by atoms with Crippen LogP contribution in [0.3, 0.4) is 0 Å². The molecule has 0 saturated heterocycles. The largest absolute Gasteiger partial charge is 0.387 e. The summed E-state index contributed by atoms with van der Waals surface area (Å²) in [5.74, 6) is -0.491. The maximum atomic E-state index is 13.0. The summed E-state index contributed by atoms with van der Waals surface area (Å²) in [6, 6.07) is 5.34. The highest BCUT2D eigenvalue weighted by molar-refractivity contribution is 5.95. The fraction of sp³-hybridized carbons (Fsp3) is 0.556. The van der Waals surface area contributed by atoms with E-state index in [-0.39, 0.29) is 30.9 Å². The minimum Gasteiger partial charge on any atom is -0.387 e. The van der Waals surface area contributed by atoms with E-state index in [9.17, 15) is 19.1 Å². The number of halogens is 1. The summed E-state index contributed by atoms with van der Waals surface area (Å²) < 4.78 is 13.0. The van der Waals surface area contributed by atoms with Crippen molar-refractivity contribution >= 4 is 11.9 Å². The summed E-state index contributed by atoms with van der Waals surface area (Å²) in [5.41, 5.74) is 0.585. The van der Waals surface area contributed by atoms with Crippen LogP contribution in [-0.2, 0) is 4.79 Å². The minimum atomic E-state index is -0.840. The Hall–Kier alpha value is -1.99. The molecule has 1 unspecified atom stereocenters. The van der Waals surface area contributed by atoms with Gasteiger partial charge in [-0.3, -0.25) is 15.0 Å². The van der Waals surface area contributed by atoms with Gasteiger partial charge in [0.1, 0.15) is 5.82 Å². The summed E-state index contributed by atoms with van der Waals surface area (Å²) in [7, 11) is 0. The molecule has 0 bridgehead atoms. The molecule has 138 valence electrons. The van der Waals surface area contributed by atoms with E-state index < -0.39 is 18.0 Å². The third-order valence-corrected chi connectivity index (χ3v) is 3.84. The Balaban J connectivity index is 1.88. The topological polar surface area (TPSA) is 81.7 Å². The number of hydrogen-bond donors (Lipinski definition) is 3. The predicted octanol–water partition coefficient (Wildman–Crippen LogP) is 1.81. The Bertz CT molecular complexity index is 588. The molecular formula is C18H26FN3O3. The van der Waals surface area contributed by atoms with Gasteiger partial charge in [0.2, 0.25) is 5.91 Å². The van der Waals surface area contributed by atoms with Gasteiger partial charge in [-0.1, -0.05) is 26.0 Å². The van der Waals surface area contributed by atoms with Gasteiger partial charge >= 0.3 is 6.03 Å². The van der Waals surface area contributed by atoms with Gasteiger partial charge in [-0.05, 0) is 36.5 Å². The van der Waals surface area contributed by atoms with Crippen molar-refractivity contribution in [3.05, 3.63) is 35.6 Å². The number of aliphatic hydroxyl groups is 1. The average Bonchev–Trinajstić information content (AvgIpc) is 3.30. The Morgan fingerprint density at radius 1 is 1.24 bits per heavy atom. The van der Waals surface area contributed by atoms with Crippen molar-refractivity contribution in [2.75, 3.05) is 19.6 Å². The first-order valence-electron chi connectivity index (χ1n) is 8.59. The number of aliphatic hydroxyl groups excluding tert-OH is 1. The molecule has 1 aromatic rings. The number of carbonyl (C=O) groups is 2. The molecular weight excluding hydrogens is 325 g/mol. The number of carbonyl (C=O) groups excluding carboxylic acids is 2.